The maximum Gasteiger partial charge on any atom is 0.257 e. The number of hydrogen-bond acceptors (Lipinski definition) is 2. The molecule has 5 heteroatoms. The predicted octanol–water partition coefficient (Wildman–Crippen LogP) is 3.96. The van der Waals surface area contributed by atoms with E-state index in [9.17, 15) is 4.79 Å². The zero-order chi connectivity index (χ0) is 15.0. The number of aromatic amines is 1. The Bertz CT molecular complexity index is 839. The van der Waals surface area contributed by atoms with Crippen molar-refractivity contribution in [2.45, 2.75) is 6.92 Å². The van der Waals surface area contributed by atoms with Crippen LogP contribution in [0.4, 0.5) is 11.4 Å². The number of carbonyl (C=O) groups is 1. The molecule has 3 aromatic rings. The molecule has 0 bridgehead atoms. The van der Waals surface area contributed by atoms with Gasteiger partial charge in [0, 0.05) is 22.8 Å². The van der Waals surface area contributed by atoms with Gasteiger partial charge in [-0.1, -0.05) is 17.7 Å². The Hall–Kier alpha value is -2.46. The third-order valence-electron chi connectivity index (χ3n) is 3.32. The molecule has 1 amide bonds. The highest BCUT2D eigenvalue weighted by molar-refractivity contribution is 6.34. The Morgan fingerprint density at radius 2 is 2.05 bits per heavy atom. The molecule has 1 heterocycles. The van der Waals surface area contributed by atoms with E-state index in [4.69, 9.17) is 17.3 Å². The van der Waals surface area contributed by atoms with E-state index in [1.54, 1.807) is 24.4 Å². The lowest BCUT2D eigenvalue weighted by molar-refractivity contribution is 0.102. The smallest absolute Gasteiger partial charge is 0.257 e. The minimum atomic E-state index is -0.224. The zero-order valence-electron chi connectivity index (χ0n) is 11.4. The van der Waals surface area contributed by atoms with E-state index in [1.165, 1.54) is 0 Å². The van der Waals surface area contributed by atoms with Crippen LogP contribution in [0.5, 0.6) is 0 Å². The minimum absolute atomic E-state index is 0.224. The van der Waals surface area contributed by atoms with Gasteiger partial charge in [-0.25, -0.2) is 0 Å². The highest BCUT2D eigenvalue weighted by Crippen LogP contribution is 2.25. The second kappa shape index (κ2) is 5.14. The molecule has 0 spiro atoms. The molecule has 0 atom stereocenters. The van der Waals surface area contributed by atoms with Gasteiger partial charge < -0.3 is 16.0 Å². The average molecular weight is 300 g/mol. The van der Waals surface area contributed by atoms with E-state index < -0.39 is 0 Å². The first-order valence-corrected chi connectivity index (χ1v) is 6.86. The Labute approximate surface area is 126 Å². The van der Waals surface area contributed by atoms with Gasteiger partial charge in [0.05, 0.1) is 16.3 Å². The number of H-pyrrole nitrogens is 1. The molecule has 2 aromatic carbocycles. The van der Waals surface area contributed by atoms with E-state index in [2.05, 4.69) is 10.3 Å². The van der Waals surface area contributed by atoms with Crippen molar-refractivity contribution in [2.75, 3.05) is 11.1 Å². The first-order valence-electron chi connectivity index (χ1n) is 6.49. The molecule has 106 valence electrons. The summed E-state index contributed by atoms with van der Waals surface area (Å²) in [6, 6.07) is 10.9. The lowest BCUT2D eigenvalue weighted by Crippen LogP contribution is -2.11. The molecule has 1 aromatic heterocycles. The normalized spacial score (nSPS) is 10.8. The fourth-order valence-electron chi connectivity index (χ4n) is 2.24. The first-order chi connectivity index (χ1) is 10.0. The van der Waals surface area contributed by atoms with Crippen molar-refractivity contribution in [3.8, 4) is 0 Å². The topological polar surface area (TPSA) is 70.9 Å². The van der Waals surface area contributed by atoms with Crippen molar-refractivity contribution in [2.24, 2.45) is 0 Å². The molecule has 4 N–H and O–H groups in total. The number of benzene rings is 2. The van der Waals surface area contributed by atoms with Gasteiger partial charge in [-0.05, 0) is 42.8 Å². The van der Waals surface area contributed by atoms with E-state index in [0.717, 1.165) is 16.5 Å². The minimum Gasteiger partial charge on any atom is -0.399 e. The molecule has 0 aliphatic carbocycles. The van der Waals surface area contributed by atoms with E-state index in [0.29, 0.717) is 22.0 Å². The van der Waals surface area contributed by atoms with Crippen LogP contribution < -0.4 is 11.1 Å². The van der Waals surface area contributed by atoms with Crippen LogP contribution in [-0.2, 0) is 0 Å². The van der Waals surface area contributed by atoms with Crippen molar-refractivity contribution < 1.29 is 4.79 Å². The molecule has 4 nitrogen and oxygen atoms in total. The number of aryl methyl sites for hydroxylation is 1. The van der Waals surface area contributed by atoms with Crippen LogP contribution in [0.1, 0.15) is 15.9 Å². The lowest BCUT2D eigenvalue weighted by atomic mass is 10.1. The molecule has 0 unspecified atom stereocenters. The molecule has 0 radical (unpaired) electrons. The molecule has 0 aliphatic rings. The van der Waals surface area contributed by atoms with Gasteiger partial charge in [-0.3, -0.25) is 4.79 Å². The monoisotopic (exact) mass is 299 g/mol. The van der Waals surface area contributed by atoms with Crippen LogP contribution in [0.3, 0.4) is 0 Å². The van der Waals surface area contributed by atoms with Crippen LogP contribution in [0.15, 0.2) is 42.6 Å². The number of amides is 1. The molecule has 0 saturated carbocycles. The lowest BCUT2D eigenvalue weighted by Gasteiger charge is -2.07. The Morgan fingerprint density at radius 1 is 1.24 bits per heavy atom. The molecule has 0 saturated heterocycles. The second-order valence-electron chi connectivity index (χ2n) is 4.94. The van der Waals surface area contributed by atoms with Gasteiger partial charge in [-0.2, -0.15) is 0 Å². The quantitative estimate of drug-likeness (QED) is 0.627. The maximum absolute atomic E-state index is 12.4. The predicted molar refractivity (Wildman–Crippen MR) is 86.9 cm³/mol. The number of nitrogen functional groups attached to an aromatic ring is 1. The standard InChI is InChI=1S/C16H14ClN3O/c1-9-2-4-15(13(17)6-9)20-16(21)12-8-19-14-5-3-10(18)7-11(12)14/h2-8,19H,18H2,1H3,(H,20,21). The number of halogens is 1. The van der Waals surface area contributed by atoms with Gasteiger partial charge in [0.15, 0.2) is 0 Å². The SMILES string of the molecule is Cc1ccc(NC(=O)c2c[nH]c3ccc(N)cc23)c(Cl)c1. The highest BCUT2D eigenvalue weighted by Gasteiger charge is 2.13. The number of rotatable bonds is 2. The summed E-state index contributed by atoms with van der Waals surface area (Å²) in [5.41, 5.74) is 9.42. The fraction of sp³-hybridized carbons (Fsp3) is 0.0625. The summed E-state index contributed by atoms with van der Waals surface area (Å²) in [5.74, 6) is -0.224. The average Bonchev–Trinajstić information content (AvgIpc) is 2.85. The highest BCUT2D eigenvalue weighted by atomic mass is 35.5. The van der Waals surface area contributed by atoms with Crippen LogP contribution in [0.2, 0.25) is 5.02 Å². The van der Waals surface area contributed by atoms with Crippen molar-refractivity contribution >= 4 is 39.8 Å². The zero-order valence-corrected chi connectivity index (χ0v) is 12.2. The largest absolute Gasteiger partial charge is 0.399 e. The second-order valence-corrected chi connectivity index (χ2v) is 5.35. The molecule has 0 fully saturated rings. The van der Waals surface area contributed by atoms with Crippen LogP contribution in [-0.4, -0.2) is 10.9 Å². The molecule has 21 heavy (non-hydrogen) atoms. The summed E-state index contributed by atoms with van der Waals surface area (Å²) in [6.07, 6.45) is 1.67. The Morgan fingerprint density at radius 3 is 2.81 bits per heavy atom. The van der Waals surface area contributed by atoms with E-state index in [1.807, 2.05) is 25.1 Å². The third kappa shape index (κ3) is 2.58. The number of carbonyl (C=O) groups excluding carboxylic acids is 1. The van der Waals surface area contributed by atoms with Crippen LogP contribution in [0, 0.1) is 6.92 Å². The molecule has 3 rings (SSSR count). The van der Waals surface area contributed by atoms with Gasteiger partial charge in [-0.15, -0.1) is 0 Å². The van der Waals surface area contributed by atoms with Crippen molar-refractivity contribution in [3.05, 3.63) is 58.7 Å². The van der Waals surface area contributed by atoms with Crippen molar-refractivity contribution in [1.82, 2.24) is 4.98 Å². The summed E-state index contributed by atoms with van der Waals surface area (Å²) in [4.78, 5) is 15.5. The third-order valence-corrected chi connectivity index (χ3v) is 3.64. The Kier molecular flexibility index (Phi) is 3.31. The molecular formula is C16H14ClN3O. The van der Waals surface area contributed by atoms with E-state index >= 15 is 0 Å². The Balaban J connectivity index is 1.95. The number of aromatic nitrogens is 1. The van der Waals surface area contributed by atoms with Crippen LogP contribution in [0.25, 0.3) is 10.9 Å². The number of fused-ring (bicyclic) bond motifs is 1. The van der Waals surface area contributed by atoms with Crippen LogP contribution >= 0.6 is 11.6 Å². The summed E-state index contributed by atoms with van der Waals surface area (Å²) >= 11 is 6.14. The summed E-state index contributed by atoms with van der Waals surface area (Å²) in [5, 5.41) is 4.12. The summed E-state index contributed by atoms with van der Waals surface area (Å²) in [6.45, 7) is 1.94. The number of anilines is 2. The van der Waals surface area contributed by atoms with Gasteiger partial charge in [0.25, 0.3) is 5.91 Å². The molecular weight excluding hydrogens is 286 g/mol. The van der Waals surface area contributed by atoms with Gasteiger partial charge in [0.2, 0.25) is 0 Å². The number of nitrogens with two attached hydrogens (primary N) is 1. The maximum atomic E-state index is 12.4. The molecule has 0 aliphatic heterocycles. The number of hydrogen-bond donors (Lipinski definition) is 3. The van der Waals surface area contributed by atoms with E-state index in [-0.39, 0.29) is 5.91 Å². The van der Waals surface area contributed by atoms with Crippen molar-refractivity contribution in [3.63, 3.8) is 0 Å². The van der Waals surface area contributed by atoms with Gasteiger partial charge >= 0.3 is 0 Å². The number of nitrogens with one attached hydrogen (secondary N) is 2. The summed E-state index contributed by atoms with van der Waals surface area (Å²) in [7, 11) is 0. The fourth-order valence-corrected chi connectivity index (χ4v) is 2.52. The summed E-state index contributed by atoms with van der Waals surface area (Å²) < 4.78 is 0. The van der Waals surface area contributed by atoms with Gasteiger partial charge in [0.1, 0.15) is 0 Å². The van der Waals surface area contributed by atoms with Crippen molar-refractivity contribution in [1.29, 1.82) is 0 Å². The first kappa shape index (κ1) is 13.5.